The second-order valence-corrected chi connectivity index (χ2v) is 9.56. The monoisotopic (exact) mass is 479 g/mol. The van der Waals surface area contributed by atoms with Crippen molar-refractivity contribution < 1.29 is 14.3 Å². The molecule has 1 atom stereocenters. The number of nitrogens with one attached hydrogen (secondary N) is 1. The van der Waals surface area contributed by atoms with Gasteiger partial charge in [0.05, 0.1) is 18.8 Å². The van der Waals surface area contributed by atoms with Gasteiger partial charge in [0.15, 0.2) is 16.7 Å². The molecule has 3 aromatic rings. The molecule has 0 radical (unpaired) electrons. The van der Waals surface area contributed by atoms with Crippen LogP contribution in [0.4, 0.5) is 5.82 Å². The van der Waals surface area contributed by atoms with Crippen molar-refractivity contribution in [2.45, 2.75) is 50.1 Å². The Hall–Kier alpha value is -3.26. The highest BCUT2D eigenvalue weighted by atomic mass is 32.2. The maximum Gasteiger partial charge on any atom is 0.279 e. The summed E-state index contributed by atoms with van der Waals surface area (Å²) in [6.07, 6.45) is 0.153. The van der Waals surface area contributed by atoms with Crippen LogP contribution >= 0.6 is 11.8 Å². The molecule has 1 N–H and O–H groups in total. The van der Waals surface area contributed by atoms with E-state index in [0.29, 0.717) is 33.8 Å². The molecule has 178 valence electrons. The van der Waals surface area contributed by atoms with Gasteiger partial charge in [-0.2, -0.15) is 4.98 Å². The minimum atomic E-state index is -0.424. The Labute approximate surface area is 203 Å². The molecule has 0 unspecified atom stereocenters. The number of hydrogen-bond acceptors (Lipinski definition) is 6. The van der Waals surface area contributed by atoms with Gasteiger partial charge < -0.3 is 19.4 Å². The zero-order valence-electron chi connectivity index (χ0n) is 20.0. The predicted molar refractivity (Wildman–Crippen MR) is 134 cm³/mol. The van der Waals surface area contributed by atoms with Gasteiger partial charge in [0, 0.05) is 25.1 Å². The quantitative estimate of drug-likeness (QED) is 0.392. The third kappa shape index (κ3) is 4.82. The Morgan fingerprint density at radius 1 is 1.18 bits per heavy atom. The van der Waals surface area contributed by atoms with Crippen molar-refractivity contribution in [3.8, 4) is 11.5 Å². The summed E-state index contributed by atoms with van der Waals surface area (Å²) in [5.41, 5.74) is 3.33. The van der Waals surface area contributed by atoms with E-state index < -0.39 is 5.92 Å². The molecular formula is C26H29N3O4S. The lowest BCUT2D eigenvalue weighted by atomic mass is 9.86. The molecule has 4 rings (SSSR count). The SMILES string of the molecule is COc1cc([C@@H]2CC(=O)Nc3c2c(=O)nc(SCc2ccccc2C)n3C)ccc1OC(C)C. The second kappa shape index (κ2) is 9.93. The molecule has 1 amide bonds. The Morgan fingerprint density at radius 2 is 1.94 bits per heavy atom. The summed E-state index contributed by atoms with van der Waals surface area (Å²) in [4.78, 5) is 30.3. The molecule has 7 nitrogen and oxygen atoms in total. The number of methoxy groups -OCH3 is 1. The first-order chi connectivity index (χ1) is 16.3. The van der Waals surface area contributed by atoms with Crippen molar-refractivity contribution in [1.82, 2.24) is 9.55 Å². The number of anilines is 1. The molecule has 0 bridgehead atoms. The zero-order valence-corrected chi connectivity index (χ0v) is 20.9. The third-order valence-corrected chi connectivity index (χ3v) is 6.95. The number of rotatable bonds is 7. The van der Waals surface area contributed by atoms with Crippen molar-refractivity contribution in [3.63, 3.8) is 0 Å². The summed E-state index contributed by atoms with van der Waals surface area (Å²) < 4.78 is 13.1. The van der Waals surface area contributed by atoms with E-state index in [1.807, 2.05) is 51.2 Å². The van der Waals surface area contributed by atoms with E-state index in [-0.39, 0.29) is 24.0 Å². The van der Waals surface area contributed by atoms with Crippen LogP contribution in [-0.2, 0) is 17.6 Å². The first-order valence-electron chi connectivity index (χ1n) is 11.2. The van der Waals surface area contributed by atoms with E-state index >= 15 is 0 Å². The van der Waals surface area contributed by atoms with Crippen LogP contribution in [0.2, 0.25) is 0 Å². The van der Waals surface area contributed by atoms with Gasteiger partial charge in [0.25, 0.3) is 5.56 Å². The lowest BCUT2D eigenvalue weighted by Crippen LogP contribution is -2.33. The number of carbonyl (C=O) groups excluding carboxylic acids is 1. The number of carbonyl (C=O) groups is 1. The standard InChI is InChI=1S/C26H29N3O4S/c1-15(2)33-20-11-10-17(12-21(20)32-5)19-13-22(30)27-24-23(19)25(31)28-26(29(24)4)34-14-18-9-7-6-8-16(18)3/h6-12,15,19H,13-14H2,1-5H3,(H,27,30)/t19-/m0/s1. The van der Waals surface area contributed by atoms with E-state index in [1.165, 1.54) is 22.9 Å². The summed E-state index contributed by atoms with van der Waals surface area (Å²) in [6, 6.07) is 13.7. The van der Waals surface area contributed by atoms with E-state index in [9.17, 15) is 9.59 Å². The topological polar surface area (TPSA) is 82.5 Å². The minimum Gasteiger partial charge on any atom is -0.493 e. The molecule has 2 heterocycles. The third-order valence-electron chi connectivity index (χ3n) is 5.87. The zero-order chi connectivity index (χ0) is 24.4. The van der Waals surface area contributed by atoms with Crippen LogP contribution in [0.5, 0.6) is 11.5 Å². The van der Waals surface area contributed by atoms with Gasteiger partial charge in [-0.15, -0.1) is 0 Å². The summed E-state index contributed by atoms with van der Waals surface area (Å²) >= 11 is 1.48. The van der Waals surface area contributed by atoms with Gasteiger partial charge in [-0.25, -0.2) is 0 Å². The second-order valence-electron chi connectivity index (χ2n) is 8.62. The summed E-state index contributed by atoms with van der Waals surface area (Å²) in [7, 11) is 3.40. The predicted octanol–water partition coefficient (Wildman–Crippen LogP) is 4.65. The van der Waals surface area contributed by atoms with Crippen molar-refractivity contribution >= 4 is 23.5 Å². The first-order valence-corrected chi connectivity index (χ1v) is 12.2. The van der Waals surface area contributed by atoms with Crippen LogP contribution in [0.3, 0.4) is 0 Å². The van der Waals surface area contributed by atoms with Crippen LogP contribution in [0.25, 0.3) is 0 Å². The molecule has 0 saturated heterocycles. The maximum absolute atomic E-state index is 13.2. The van der Waals surface area contributed by atoms with Crippen LogP contribution in [0.15, 0.2) is 52.4 Å². The minimum absolute atomic E-state index is 0.00646. The Bertz CT molecular complexity index is 1290. The highest BCUT2D eigenvalue weighted by molar-refractivity contribution is 7.98. The molecular weight excluding hydrogens is 450 g/mol. The number of aromatic nitrogens is 2. The molecule has 0 fully saturated rings. The molecule has 2 aromatic carbocycles. The highest BCUT2D eigenvalue weighted by Gasteiger charge is 2.32. The van der Waals surface area contributed by atoms with Gasteiger partial charge in [0.1, 0.15) is 5.82 Å². The molecule has 0 spiro atoms. The normalized spacial score (nSPS) is 15.1. The van der Waals surface area contributed by atoms with Crippen LogP contribution in [0.1, 0.15) is 48.4 Å². The van der Waals surface area contributed by atoms with Gasteiger partial charge in [-0.3, -0.25) is 9.59 Å². The van der Waals surface area contributed by atoms with Crippen molar-refractivity contribution in [2.24, 2.45) is 7.05 Å². The number of benzene rings is 2. The average molecular weight is 480 g/mol. The summed E-state index contributed by atoms with van der Waals surface area (Å²) in [5.74, 6) is 1.79. The Balaban J connectivity index is 1.71. The molecule has 0 aliphatic carbocycles. The van der Waals surface area contributed by atoms with E-state index in [4.69, 9.17) is 9.47 Å². The Kier molecular flexibility index (Phi) is 6.97. The van der Waals surface area contributed by atoms with Gasteiger partial charge in [0.2, 0.25) is 5.91 Å². The first kappa shape index (κ1) is 23.9. The lowest BCUT2D eigenvalue weighted by Gasteiger charge is -2.28. The number of thioether (sulfide) groups is 1. The Morgan fingerprint density at radius 3 is 2.65 bits per heavy atom. The fourth-order valence-corrected chi connectivity index (χ4v) is 5.16. The van der Waals surface area contributed by atoms with Gasteiger partial charge in [-0.1, -0.05) is 42.1 Å². The number of nitrogens with zero attached hydrogens (tertiary/aromatic N) is 2. The van der Waals surface area contributed by atoms with Gasteiger partial charge in [-0.05, 0) is 49.6 Å². The number of aryl methyl sites for hydroxylation is 1. The largest absolute Gasteiger partial charge is 0.493 e. The molecule has 0 saturated carbocycles. The fraction of sp³-hybridized carbons (Fsp3) is 0.346. The van der Waals surface area contributed by atoms with E-state index in [2.05, 4.69) is 29.4 Å². The molecule has 1 aromatic heterocycles. The summed E-state index contributed by atoms with van der Waals surface area (Å²) in [5, 5.41) is 3.46. The molecule has 1 aliphatic rings. The number of amides is 1. The highest BCUT2D eigenvalue weighted by Crippen LogP contribution is 2.39. The van der Waals surface area contributed by atoms with Crippen LogP contribution < -0.4 is 20.3 Å². The summed E-state index contributed by atoms with van der Waals surface area (Å²) in [6.45, 7) is 5.95. The number of hydrogen-bond donors (Lipinski definition) is 1. The van der Waals surface area contributed by atoms with Crippen molar-refractivity contribution in [1.29, 1.82) is 0 Å². The molecule has 8 heteroatoms. The van der Waals surface area contributed by atoms with Crippen LogP contribution in [-0.4, -0.2) is 28.7 Å². The van der Waals surface area contributed by atoms with Crippen LogP contribution in [0, 0.1) is 6.92 Å². The van der Waals surface area contributed by atoms with Crippen molar-refractivity contribution in [3.05, 3.63) is 75.1 Å². The van der Waals surface area contributed by atoms with E-state index in [0.717, 1.165) is 5.56 Å². The smallest absolute Gasteiger partial charge is 0.279 e. The number of ether oxygens (including phenoxy) is 2. The molecule has 1 aliphatic heterocycles. The molecule has 34 heavy (non-hydrogen) atoms. The average Bonchev–Trinajstić information content (AvgIpc) is 2.80. The maximum atomic E-state index is 13.2. The van der Waals surface area contributed by atoms with E-state index in [1.54, 1.807) is 11.7 Å². The fourth-order valence-electron chi connectivity index (χ4n) is 4.12. The van der Waals surface area contributed by atoms with Gasteiger partial charge >= 0.3 is 0 Å². The lowest BCUT2D eigenvalue weighted by molar-refractivity contribution is -0.116. The van der Waals surface area contributed by atoms with Crippen molar-refractivity contribution in [2.75, 3.05) is 12.4 Å². The number of fused-ring (bicyclic) bond motifs is 1.